The summed E-state index contributed by atoms with van der Waals surface area (Å²) >= 11 is 3.49. The van der Waals surface area contributed by atoms with Gasteiger partial charge in [-0.1, -0.05) is 15.9 Å². The molecular formula is C18H25BrN4O3. The van der Waals surface area contributed by atoms with Gasteiger partial charge >= 0.3 is 6.09 Å². The van der Waals surface area contributed by atoms with E-state index in [1.54, 1.807) is 16.0 Å². The van der Waals surface area contributed by atoms with Gasteiger partial charge < -0.3 is 14.5 Å². The summed E-state index contributed by atoms with van der Waals surface area (Å²) in [5.41, 5.74) is 0.523. The van der Waals surface area contributed by atoms with Crippen molar-refractivity contribution in [3.05, 3.63) is 18.3 Å². The van der Waals surface area contributed by atoms with Gasteiger partial charge in [-0.25, -0.2) is 9.78 Å². The van der Waals surface area contributed by atoms with Gasteiger partial charge in [0.15, 0.2) is 0 Å². The fourth-order valence-corrected chi connectivity index (χ4v) is 3.65. The van der Waals surface area contributed by atoms with Crippen molar-refractivity contribution in [2.75, 3.05) is 42.5 Å². The van der Waals surface area contributed by atoms with Gasteiger partial charge in [0, 0.05) is 44.0 Å². The van der Waals surface area contributed by atoms with Crippen molar-refractivity contribution in [2.45, 2.75) is 37.6 Å². The van der Waals surface area contributed by atoms with Crippen molar-refractivity contribution in [1.82, 2.24) is 9.88 Å². The fraction of sp³-hybridized carbons (Fsp3) is 0.611. The van der Waals surface area contributed by atoms with Crippen LogP contribution in [-0.2, 0) is 9.53 Å². The summed E-state index contributed by atoms with van der Waals surface area (Å²) < 4.78 is 5.42. The first-order valence-corrected chi connectivity index (χ1v) is 9.78. The van der Waals surface area contributed by atoms with E-state index in [1.807, 2.05) is 32.9 Å². The molecule has 1 aromatic rings. The fourth-order valence-electron chi connectivity index (χ4n) is 3.08. The molecule has 2 aliphatic rings. The summed E-state index contributed by atoms with van der Waals surface area (Å²) in [5.74, 6) is 0.784. The van der Waals surface area contributed by atoms with Crippen molar-refractivity contribution < 1.29 is 14.3 Å². The molecule has 0 saturated carbocycles. The van der Waals surface area contributed by atoms with Crippen LogP contribution in [0.3, 0.4) is 0 Å². The Kier molecular flexibility index (Phi) is 5.41. The number of nitrogens with zero attached hydrogens (tertiary/aromatic N) is 4. The SMILES string of the molecule is CC(C)(C)OC(=O)N1CCN(c2ccc(N3CC(Br)CC3=O)nc2)CC1. The van der Waals surface area contributed by atoms with Crippen LogP contribution in [0.4, 0.5) is 16.3 Å². The minimum absolute atomic E-state index is 0.0955. The van der Waals surface area contributed by atoms with Gasteiger partial charge in [0.1, 0.15) is 11.4 Å². The van der Waals surface area contributed by atoms with Gasteiger partial charge in [-0.15, -0.1) is 0 Å². The molecule has 0 bridgehead atoms. The number of piperazine rings is 1. The number of anilines is 2. The molecule has 26 heavy (non-hydrogen) atoms. The monoisotopic (exact) mass is 424 g/mol. The van der Waals surface area contributed by atoms with Crippen LogP contribution < -0.4 is 9.80 Å². The van der Waals surface area contributed by atoms with Gasteiger partial charge in [0.2, 0.25) is 5.91 Å². The van der Waals surface area contributed by atoms with Gasteiger partial charge in [0.05, 0.1) is 11.9 Å². The van der Waals surface area contributed by atoms with E-state index in [9.17, 15) is 9.59 Å². The van der Waals surface area contributed by atoms with Crippen molar-refractivity contribution in [2.24, 2.45) is 0 Å². The number of carbonyl (C=O) groups excluding carboxylic acids is 2. The van der Waals surface area contributed by atoms with Crippen LogP contribution in [0.5, 0.6) is 0 Å². The van der Waals surface area contributed by atoms with Gasteiger partial charge in [-0.05, 0) is 32.9 Å². The number of hydrogen-bond donors (Lipinski definition) is 0. The first-order chi connectivity index (χ1) is 12.2. The predicted molar refractivity (Wildman–Crippen MR) is 104 cm³/mol. The lowest BCUT2D eigenvalue weighted by atomic mass is 10.2. The second-order valence-corrected chi connectivity index (χ2v) is 8.93. The number of carbonyl (C=O) groups is 2. The Bertz CT molecular complexity index is 666. The molecule has 8 heteroatoms. The van der Waals surface area contributed by atoms with E-state index in [1.165, 1.54) is 0 Å². The zero-order chi connectivity index (χ0) is 18.9. The van der Waals surface area contributed by atoms with E-state index in [0.717, 1.165) is 18.8 Å². The maximum Gasteiger partial charge on any atom is 0.410 e. The first-order valence-electron chi connectivity index (χ1n) is 8.86. The third-order valence-electron chi connectivity index (χ3n) is 4.38. The molecule has 3 heterocycles. The summed E-state index contributed by atoms with van der Waals surface area (Å²) in [6.45, 7) is 8.96. The Morgan fingerprint density at radius 3 is 2.42 bits per heavy atom. The number of pyridine rings is 1. The van der Waals surface area contributed by atoms with Gasteiger partial charge in [-0.2, -0.15) is 0 Å². The molecule has 1 aromatic heterocycles. The normalized spacial score (nSPS) is 21.3. The summed E-state index contributed by atoms with van der Waals surface area (Å²) in [5, 5.41) is 0. The van der Waals surface area contributed by atoms with E-state index >= 15 is 0 Å². The topological polar surface area (TPSA) is 66.0 Å². The van der Waals surface area contributed by atoms with E-state index in [0.29, 0.717) is 31.9 Å². The van der Waals surface area contributed by atoms with Gasteiger partial charge in [-0.3, -0.25) is 9.69 Å². The van der Waals surface area contributed by atoms with Crippen LogP contribution in [0.15, 0.2) is 18.3 Å². The van der Waals surface area contributed by atoms with Crippen molar-refractivity contribution in [3.8, 4) is 0 Å². The van der Waals surface area contributed by atoms with Crippen molar-refractivity contribution in [3.63, 3.8) is 0 Å². The van der Waals surface area contributed by atoms with Crippen molar-refractivity contribution >= 4 is 39.4 Å². The minimum Gasteiger partial charge on any atom is -0.444 e. The Labute approximate surface area is 162 Å². The molecule has 0 N–H and O–H groups in total. The molecule has 3 rings (SSSR count). The van der Waals surface area contributed by atoms with Crippen LogP contribution in [0.25, 0.3) is 0 Å². The number of rotatable bonds is 2. The highest BCUT2D eigenvalue weighted by Gasteiger charge is 2.30. The molecule has 2 fully saturated rings. The highest BCUT2D eigenvalue weighted by Crippen LogP contribution is 2.25. The molecule has 2 aliphatic heterocycles. The predicted octanol–water partition coefficient (Wildman–Crippen LogP) is 2.64. The summed E-state index contributed by atoms with van der Waals surface area (Å²) in [6, 6.07) is 3.87. The third kappa shape index (κ3) is 4.47. The number of ether oxygens (including phenoxy) is 1. The molecule has 1 atom stereocenters. The maximum absolute atomic E-state index is 12.1. The second-order valence-electron chi connectivity index (χ2n) is 7.63. The largest absolute Gasteiger partial charge is 0.444 e. The third-order valence-corrected chi connectivity index (χ3v) is 5.00. The van der Waals surface area contributed by atoms with Crippen LogP contribution in [0.1, 0.15) is 27.2 Å². The standard InChI is InChI=1S/C18H25BrN4O3/c1-18(2,3)26-17(25)22-8-6-21(7-9-22)14-4-5-15(20-11-14)23-12-13(19)10-16(23)24/h4-5,11,13H,6-10,12H2,1-3H3. The van der Waals surface area contributed by atoms with E-state index < -0.39 is 5.60 Å². The molecule has 7 nitrogen and oxygen atoms in total. The molecule has 142 valence electrons. The summed E-state index contributed by atoms with van der Waals surface area (Å²) in [4.78, 5) is 34.4. The van der Waals surface area contributed by atoms with Gasteiger partial charge in [0.25, 0.3) is 0 Å². The number of alkyl halides is 1. The summed E-state index contributed by atoms with van der Waals surface area (Å²) in [7, 11) is 0. The molecule has 1 unspecified atom stereocenters. The number of halogens is 1. The van der Waals surface area contributed by atoms with Crippen LogP contribution in [0, 0.1) is 0 Å². The molecule has 0 aromatic carbocycles. The zero-order valence-electron chi connectivity index (χ0n) is 15.4. The van der Waals surface area contributed by atoms with E-state index in [4.69, 9.17) is 4.74 Å². The number of amides is 2. The molecule has 0 spiro atoms. The summed E-state index contributed by atoms with van der Waals surface area (Å²) in [6.07, 6.45) is 2.05. The Balaban J connectivity index is 1.57. The smallest absolute Gasteiger partial charge is 0.410 e. The lowest BCUT2D eigenvalue weighted by molar-refractivity contribution is -0.117. The Morgan fingerprint density at radius 2 is 1.92 bits per heavy atom. The molecule has 2 amide bonds. The average Bonchev–Trinajstić information content (AvgIpc) is 2.92. The minimum atomic E-state index is -0.477. The second kappa shape index (κ2) is 7.42. The maximum atomic E-state index is 12.1. The molecule has 0 aliphatic carbocycles. The van der Waals surface area contributed by atoms with Crippen LogP contribution >= 0.6 is 15.9 Å². The Morgan fingerprint density at radius 1 is 1.23 bits per heavy atom. The van der Waals surface area contributed by atoms with Crippen molar-refractivity contribution in [1.29, 1.82) is 0 Å². The first kappa shape index (κ1) is 18.9. The van der Waals surface area contributed by atoms with Crippen LogP contribution in [0.2, 0.25) is 0 Å². The zero-order valence-corrected chi connectivity index (χ0v) is 17.0. The highest BCUT2D eigenvalue weighted by molar-refractivity contribution is 9.09. The van der Waals surface area contributed by atoms with E-state index in [-0.39, 0.29) is 16.8 Å². The molecule has 0 radical (unpaired) electrons. The lowest BCUT2D eigenvalue weighted by Gasteiger charge is -2.36. The Hall–Kier alpha value is -1.83. The van der Waals surface area contributed by atoms with E-state index in [2.05, 4.69) is 25.8 Å². The molecular weight excluding hydrogens is 400 g/mol. The number of aromatic nitrogens is 1. The highest BCUT2D eigenvalue weighted by atomic mass is 79.9. The quantitative estimate of drug-likeness (QED) is 0.682. The average molecular weight is 425 g/mol. The number of hydrogen-bond acceptors (Lipinski definition) is 5. The molecule has 2 saturated heterocycles. The lowest BCUT2D eigenvalue weighted by Crippen LogP contribution is -2.50. The van der Waals surface area contributed by atoms with Crippen LogP contribution in [-0.4, -0.2) is 65.0 Å².